The van der Waals surface area contributed by atoms with E-state index in [0.29, 0.717) is 5.41 Å². The first-order valence-electron chi connectivity index (χ1n) is 9.80. The number of hydrogen-bond acceptors (Lipinski definition) is 2. The zero-order valence-corrected chi connectivity index (χ0v) is 18.4. The summed E-state index contributed by atoms with van der Waals surface area (Å²) < 4.78 is 0. The highest BCUT2D eigenvalue weighted by Gasteiger charge is 2.37. The Labute approximate surface area is 166 Å². The molecular formula is C19H39IN4. The molecule has 1 saturated heterocycles. The van der Waals surface area contributed by atoms with Crippen molar-refractivity contribution >= 4 is 29.9 Å². The van der Waals surface area contributed by atoms with Crippen LogP contribution in [0.2, 0.25) is 0 Å². The average Bonchev–Trinajstić information content (AvgIpc) is 2.99. The lowest BCUT2D eigenvalue weighted by Crippen LogP contribution is -2.47. The van der Waals surface area contributed by atoms with Crippen LogP contribution in [0.4, 0.5) is 0 Å². The zero-order chi connectivity index (χ0) is 16.5. The number of rotatable bonds is 9. The lowest BCUT2D eigenvalue weighted by molar-refractivity contribution is 0.104. The molecule has 0 aromatic heterocycles. The summed E-state index contributed by atoms with van der Waals surface area (Å²) in [6.45, 7) is 10.7. The van der Waals surface area contributed by atoms with Crippen molar-refractivity contribution in [2.24, 2.45) is 16.3 Å². The third-order valence-corrected chi connectivity index (χ3v) is 5.50. The van der Waals surface area contributed by atoms with Crippen molar-refractivity contribution in [2.45, 2.75) is 65.2 Å². The lowest BCUT2D eigenvalue weighted by Gasteiger charge is -2.43. The number of unbranched alkanes of at least 4 members (excludes halogenated alkanes) is 1. The summed E-state index contributed by atoms with van der Waals surface area (Å²) in [6.07, 6.45) is 10.8. The van der Waals surface area contributed by atoms with Crippen molar-refractivity contribution in [3.63, 3.8) is 0 Å². The molecule has 1 aliphatic heterocycles. The number of halogens is 1. The van der Waals surface area contributed by atoms with E-state index in [0.717, 1.165) is 25.0 Å². The van der Waals surface area contributed by atoms with Crippen LogP contribution < -0.4 is 10.6 Å². The Morgan fingerprint density at radius 1 is 1.08 bits per heavy atom. The maximum atomic E-state index is 4.39. The summed E-state index contributed by atoms with van der Waals surface area (Å²) in [6, 6.07) is 0. The molecule has 0 atom stereocenters. The predicted octanol–water partition coefficient (Wildman–Crippen LogP) is 3.86. The molecule has 142 valence electrons. The number of hydrogen-bond donors (Lipinski definition) is 2. The predicted molar refractivity (Wildman–Crippen MR) is 115 cm³/mol. The summed E-state index contributed by atoms with van der Waals surface area (Å²) in [5.74, 6) is 1.78. The van der Waals surface area contributed by atoms with Crippen LogP contribution in [0.5, 0.6) is 0 Å². The van der Waals surface area contributed by atoms with Gasteiger partial charge in [0.05, 0.1) is 0 Å². The first kappa shape index (κ1) is 22.0. The molecule has 1 aliphatic carbocycles. The van der Waals surface area contributed by atoms with E-state index >= 15 is 0 Å². The van der Waals surface area contributed by atoms with E-state index < -0.39 is 0 Å². The second kappa shape index (κ2) is 11.6. The Hall–Kier alpha value is -0.0400. The number of nitrogens with zero attached hydrogens (tertiary/aromatic N) is 2. The van der Waals surface area contributed by atoms with Crippen molar-refractivity contribution in [3.8, 4) is 0 Å². The maximum Gasteiger partial charge on any atom is 0.190 e. The van der Waals surface area contributed by atoms with E-state index in [1.54, 1.807) is 0 Å². The standard InChI is InChI=1S/C19H38N4.HI/c1-17(2)15-19(9-8-10-19)16-22-18(20-3)21-11-4-5-12-23-13-6-7-14-23;/h17H,4-16H2,1-3H3,(H2,20,21,22);1H. The van der Waals surface area contributed by atoms with Crippen LogP contribution in [0.3, 0.4) is 0 Å². The van der Waals surface area contributed by atoms with Gasteiger partial charge in [-0.15, -0.1) is 24.0 Å². The average molecular weight is 450 g/mol. The second-order valence-electron chi connectivity index (χ2n) is 8.06. The maximum absolute atomic E-state index is 4.39. The minimum absolute atomic E-state index is 0. The van der Waals surface area contributed by atoms with Crippen molar-refractivity contribution in [2.75, 3.05) is 39.8 Å². The molecule has 2 fully saturated rings. The fourth-order valence-electron chi connectivity index (χ4n) is 4.16. The lowest BCUT2D eigenvalue weighted by atomic mass is 9.64. The molecule has 4 nitrogen and oxygen atoms in total. The number of nitrogens with one attached hydrogen (secondary N) is 2. The second-order valence-corrected chi connectivity index (χ2v) is 8.06. The molecule has 1 heterocycles. The molecule has 1 saturated carbocycles. The molecule has 2 rings (SSSR count). The molecule has 5 heteroatoms. The van der Waals surface area contributed by atoms with Crippen LogP contribution in [0.25, 0.3) is 0 Å². The van der Waals surface area contributed by atoms with Crippen LogP contribution in [0.1, 0.15) is 65.2 Å². The minimum atomic E-state index is 0. The SMILES string of the molecule is CN=C(NCCCCN1CCCC1)NCC1(CC(C)C)CCC1.I. The number of guanidine groups is 1. The highest BCUT2D eigenvalue weighted by atomic mass is 127. The first-order valence-corrected chi connectivity index (χ1v) is 9.80. The highest BCUT2D eigenvalue weighted by molar-refractivity contribution is 14.0. The van der Waals surface area contributed by atoms with Crippen LogP contribution >= 0.6 is 24.0 Å². The molecule has 0 unspecified atom stereocenters. The van der Waals surface area contributed by atoms with Gasteiger partial charge in [-0.05, 0) is 75.9 Å². The molecule has 0 bridgehead atoms. The van der Waals surface area contributed by atoms with Gasteiger partial charge in [0.2, 0.25) is 0 Å². The summed E-state index contributed by atoms with van der Waals surface area (Å²) in [5.41, 5.74) is 0.529. The molecule has 0 spiro atoms. The van der Waals surface area contributed by atoms with Gasteiger partial charge in [0.1, 0.15) is 0 Å². The fraction of sp³-hybridized carbons (Fsp3) is 0.947. The van der Waals surface area contributed by atoms with Crippen molar-refractivity contribution in [3.05, 3.63) is 0 Å². The van der Waals surface area contributed by atoms with Gasteiger partial charge in [-0.1, -0.05) is 20.3 Å². The Balaban J connectivity index is 0.00000288. The topological polar surface area (TPSA) is 39.7 Å². The van der Waals surface area contributed by atoms with E-state index in [2.05, 4.69) is 34.4 Å². The van der Waals surface area contributed by atoms with Crippen molar-refractivity contribution < 1.29 is 0 Å². The Bertz CT molecular complexity index is 360. The molecule has 0 radical (unpaired) electrons. The molecule has 2 N–H and O–H groups in total. The normalized spacial score (nSPS) is 20.6. The minimum Gasteiger partial charge on any atom is -0.356 e. The van der Waals surface area contributed by atoms with E-state index in [4.69, 9.17) is 0 Å². The summed E-state index contributed by atoms with van der Waals surface area (Å²) >= 11 is 0. The molecule has 0 amide bonds. The van der Waals surface area contributed by atoms with Crippen LogP contribution in [-0.4, -0.2) is 50.6 Å². The quantitative estimate of drug-likeness (QED) is 0.243. The third kappa shape index (κ3) is 7.46. The van der Waals surface area contributed by atoms with Gasteiger partial charge in [0, 0.05) is 20.1 Å². The Morgan fingerprint density at radius 2 is 1.79 bits per heavy atom. The smallest absolute Gasteiger partial charge is 0.190 e. The molecule has 24 heavy (non-hydrogen) atoms. The van der Waals surface area contributed by atoms with E-state index in [1.165, 1.54) is 71.0 Å². The van der Waals surface area contributed by atoms with Crippen molar-refractivity contribution in [1.82, 2.24) is 15.5 Å². The molecule has 2 aliphatic rings. The largest absolute Gasteiger partial charge is 0.356 e. The van der Waals surface area contributed by atoms with Gasteiger partial charge < -0.3 is 15.5 Å². The number of aliphatic imine (C=N–C) groups is 1. The monoisotopic (exact) mass is 450 g/mol. The highest BCUT2D eigenvalue weighted by Crippen LogP contribution is 2.45. The van der Waals surface area contributed by atoms with Crippen molar-refractivity contribution in [1.29, 1.82) is 0 Å². The molecule has 0 aromatic carbocycles. The van der Waals surface area contributed by atoms with Gasteiger partial charge in [-0.2, -0.15) is 0 Å². The number of likely N-dealkylation sites (tertiary alicyclic amines) is 1. The summed E-state index contributed by atoms with van der Waals surface area (Å²) in [7, 11) is 1.88. The molecular weight excluding hydrogens is 411 g/mol. The Morgan fingerprint density at radius 3 is 2.33 bits per heavy atom. The summed E-state index contributed by atoms with van der Waals surface area (Å²) in [5, 5.41) is 7.07. The van der Waals surface area contributed by atoms with Gasteiger partial charge >= 0.3 is 0 Å². The van der Waals surface area contributed by atoms with Crippen LogP contribution in [0.15, 0.2) is 4.99 Å². The zero-order valence-electron chi connectivity index (χ0n) is 16.1. The fourth-order valence-corrected chi connectivity index (χ4v) is 4.16. The van der Waals surface area contributed by atoms with Crippen LogP contribution in [-0.2, 0) is 0 Å². The van der Waals surface area contributed by atoms with E-state index in [9.17, 15) is 0 Å². The van der Waals surface area contributed by atoms with Crippen LogP contribution in [0, 0.1) is 11.3 Å². The Kier molecular flexibility index (Phi) is 10.6. The molecule has 0 aromatic rings. The van der Waals surface area contributed by atoms with E-state index in [-0.39, 0.29) is 24.0 Å². The van der Waals surface area contributed by atoms with Gasteiger partial charge in [0.15, 0.2) is 5.96 Å². The van der Waals surface area contributed by atoms with Gasteiger partial charge in [-0.3, -0.25) is 4.99 Å². The summed E-state index contributed by atoms with van der Waals surface area (Å²) in [4.78, 5) is 6.98. The van der Waals surface area contributed by atoms with Gasteiger partial charge in [-0.25, -0.2) is 0 Å². The first-order chi connectivity index (χ1) is 11.1. The third-order valence-electron chi connectivity index (χ3n) is 5.50. The van der Waals surface area contributed by atoms with Gasteiger partial charge in [0.25, 0.3) is 0 Å². The van der Waals surface area contributed by atoms with E-state index in [1.807, 2.05) is 7.05 Å².